The second-order valence-electron chi connectivity index (χ2n) is 16.7. The Bertz CT molecular complexity index is 1440. The van der Waals surface area contributed by atoms with Crippen LogP contribution in [-0.2, 0) is 16.8 Å². The molecule has 3 heterocycles. The van der Waals surface area contributed by atoms with Gasteiger partial charge in [-0.3, -0.25) is 19.3 Å². The van der Waals surface area contributed by atoms with Gasteiger partial charge < -0.3 is 37.6 Å². The molecule has 0 saturated carbocycles. The number of likely N-dealkylation sites (tertiary alicyclic amines) is 1. The largest absolute Gasteiger partial charge is 0.370 e. The molecule has 2 fully saturated rings. The number of nitrogens with one attached hydrogen (secondary N) is 2. The van der Waals surface area contributed by atoms with Crippen LogP contribution in [0.25, 0.3) is 0 Å². The van der Waals surface area contributed by atoms with Crippen LogP contribution in [0.3, 0.4) is 0 Å². The molecule has 0 spiro atoms. The van der Waals surface area contributed by atoms with Crippen LogP contribution in [0.4, 0.5) is 11.5 Å². The van der Waals surface area contributed by atoms with E-state index in [9.17, 15) is 9.59 Å². The van der Waals surface area contributed by atoms with Crippen molar-refractivity contribution in [2.45, 2.75) is 111 Å². The minimum absolute atomic E-state index is 0.108. The maximum Gasteiger partial charge on any atom is 0.349 e. The number of nitrogens with zero attached hydrogens (tertiary/aromatic N) is 6. The lowest BCUT2D eigenvalue weighted by atomic mass is 9.87. The number of benzene rings is 1. The predicted octanol–water partition coefficient (Wildman–Crippen LogP) is 3.57. The molecule has 1 amide bonds. The average molecular weight is 738 g/mol. The first-order valence-corrected chi connectivity index (χ1v) is 19.7. The first kappa shape index (κ1) is 43.9. The Morgan fingerprint density at radius 2 is 1.57 bits per heavy atom. The van der Waals surface area contributed by atoms with Crippen LogP contribution in [0.5, 0.6) is 0 Å². The van der Waals surface area contributed by atoms with Crippen molar-refractivity contribution in [3.05, 3.63) is 52.6 Å². The van der Waals surface area contributed by atoms with E-state index < -0.39 is 5.41 Å². The van der Waals surface area contributed by atoms with Gasteiger partial charge in [0.25, 0.3) is 0 Å². The van der Waals surface area contributed by atoms with Crippen LogP contribution in [0, 0.1) is 5.41 Å². The first-order chi connectivity index (χ1) is 25.1. The van der Waals surface area contributed by atoms with E-state index in [1.54, 1.807) is 37.6 Å². The molecule has 1 aromatic carbocycles. The van der Waals surface area contributed by atoms with Gasteiger partial charge in [-0.1, -0.05) is 53.7 Å². The second kappa shape index (κ2) is 21.4. The van der Waals surface area contributed by atoms with Crippen LogP contribution in [0.2, 0.25) is 0 Å². The maximum atomic E-state index is 12.3. The predicted molar refractivity (Wildman–Crippen MR) is 221 cm³/mol. The molecule has 0 radical (unpaired) electrons. The van der Waals surface area contributed by atoms with Gasteiger partial charge in [0.15, 0.2) is 5.96 Å². The third kappa shape index (κ3) is 15.8. The fraction of sp³-hybridized carbons (Fsp3) is 0.700. The molecule has 4 rings (SSSR count). The van der Waals surface area contributed by atoms with Gasteiger partial charge in [0.05, 0.1) is 0 Å². The number of carbonyl (C=O) groups excluding carboxylic acids is 1. The van der Waals surface area contributed by atoms with Gasteiger partial charge in [0.1, 0.15) is 5.82 Å². The lowest BCUT2D eigenvalue weighted by Crippen LogP contribution is -2.53. The van der Waals surface area contributed by atoms with Crippen molar-refractivity contribution in [1.29, 1.82) is 0 Å². The highest BCUT2D eigenvalue weighted by atomic mass is 16.2. The van der Waals surface area contributed by atoms with E-state index in [0.717, 1.165) is 44.7 Å². The smallest absolute Gasteiger partial charge is 0.349 e. The minimum Gasteiger partial charge on any atom is -0.370 e. The van der Waals surface area contributed by atoms with E-state index in [-0.39, 0.29) is 28.8 Å². The summed E-state index contributed by atoms with van der Waals surface area (Å²) in [5.74, 6) is 0.202. The molecule has 8 N–H and O–H groups in total. The molecule has 0 bridgehead atoms. The summed E-state index contributed by atoms with van der Waals surface area (Å²) in [6, 6.07) is 12.0. The fourth-order valence-electron chi connectivity index (χ4n) is 6.66. The van der Waals surface area contributed by atoms with E-state index in [1.165, 1.54) is 63.4 Å². The molecule has 2 aromatic rings. The number of rotatable bonds is 15. The highest BCUT2D eigenvalue weighted by molar-refractivity contribution is 5.93. The van der Waals surface area contributed by atoms with Crippen molar-refractivity contribution in [3.8, 4) is 0 Å². The Morgan fingerprint density at radius 3 is 2.13 bits per heavy atom. The normalized spacial score (nSPS) is 16.8. The quantitative estimate of drug-likeness (QED) is 0.103. The van der Waals surface area contributed by atoms with Gasteiger partial charge in [0, 0.05) is 68.7 Å². The Labute approximate surface area is 319 Å². The molecule has 2 aliphatic heterocycles. The molecule has 2 aliphatic rings. The molecule has 1 atom stereocenters. The Kier molecular flexibility index (Phi) is 17.7. The van der Waals surface area contributed by atoms with Gasteiger partial charge in [-0.05, 0) is 107 Å². The molecular weight excluding hydrogens is 667 g/mol. The average Bonchev–Trinajstić information content (AvgIpc) is 3.11. The van der Waals surface area contributed by atoms with Crippen molar-refractivity contribution < 1.29 is 4.79 Å². The van der Waals surface area contributed by atoms with Crippen LogP contribution in [0.15, 0.2) is 46.3 Å². The number of amides is 1. The minimum atomic E-state index is -0.552. The molecule has 0 unspecified atom stereocenters. The van der Waals surface area contributed by atoms with Crippen molar-refractivity contribution in [2.24, 2.45) is 27.6 Å². The number of aryl methyl sites for hydroxylation is 1. The molecule has 0 aliphatic carbocycles. The number of anilines is 2. The van der Waals surface area contributed by atoms with Gasteiger partial charge in [-0.15, -0.1) is 0 Å². The van der Waals surface area contributed by atoms with Gasteiger partial charge >= 0.3 is 5.69 Å². The van der Waals surface area contributed by atoms with Crippen LogP contribution in [-0.4, -0.2) is 109 Å². The number of guanidine groups is 1. The highest BCUT2D eigenvalue weighted by Crippen LogP contribution is 2.26. The van der Waals surface area contributed by atoms with Crippen molar-refractivity contribution >= 4 is 23.4 Å². The molecule has 2 saturated heterocycles. The number of aromatic nitrogens is 2. The lowest BCUT2D eigenvalue weighted by Gasteiger charge is -2.43. The zero-order valence-electron chi connectivity index (χ0n) is 33.9. The fourth-order valence-corrected chi connectivity index (χ4v) is 6.66. The first-order valence-electron chi connectivity index (χ1n) is 19.7. The Morgan fingerprint density at radius 1 is 0.925 bits per heavy atom. The number of aliphatic imine (C=N–C) groups is 1. The standard InChI is InChI=1S/C20H38N8O2.C20H33N3/c1-20(2,3)17(29)26-16-9-14-28(19(30)27-16)13-5-8-15(24-12-6-10-21)7-4-11-25-18(22)23;1-20(2,3)17-5-7-18(8-6-17)22-13-15-23(16-14-22)19-9-11-21(4)12-10-19/h9,14-15,24H,4-8,10-13,21H2,1-3H3,(H4,22,23,25)(H,26,27,29,30);5-8,19H,9-16H2,1-4H3/t15-;/m0./s1. The Hall–Kier alpha value is -3.52. The monoisotopic (exact) mass is 738 g/mol. The third-order valence-electron chi connectivity index (χ3n) is 10.2. The summed E-state index contributed by atoms with van der Waals surface area (Å²) in [4.78, 5) is 40.0. The second-order valence-corrected chi connectivity index (χ2v) is 16.7. The van der Waals surface area contributed by atoms with Crippen molar-refractivity contribution in [1.82, 2.24) is 24.7 Å². The summed E-state index contributed by atoms with van der Waals surface area (Å²) in [5, 5.41) is 6.19. The summed E-state index contributed by atoms with van der Waals surface area (Å²) in [6.07, 6.45) is 8.81. The molecule has 1 aromatic heterocycles. The van der Waals surface area contributed by atoms with Crippen molar-refractivity contribution in [2.75, 3.05) is 76.2 Å². The molecular formula is C40H71N11O2. The number of hydrogen-bond donors (Lipinski definition) is 5. The summed E-state index contributed by atoms with van der Waals surface area (Å²) in [5.41, 5.74) is 18.4. The van der Waals surface area contributed by atoms with E-state index in [4.69, 9.17) is 17.2 Å². The summed E-state index contributed by atoms with van der Waals surface area (Å²) < 4.78 is 1.56. The number of carbonyl (C=O) groups is 1. The molecule has 53 heavy (non-hydrogen) atoms. The van der Waals surface area contributed by atoms with Gasteiger partial charge in [0.2, 0.25) is 5.91 Å². The van der Waals surface area contributed by atoms with Crippen LogP contribution in [0.1, 0.15) is 92.1 Å². The van der Waals surface area contributed by atoms with Crippen molar-refractivity contribution in [3.63, 3.8) is 0 Å². The van der Waals surface area contributed by atoms with E-state index in [0.29, 0.717) is 25.7 Å². The van der Waals surface area contributed by atoms with E-state index in [1.807, 2.05) is 0 Å². The van der Waals surface area contributed by atoms with E-state index in [2.05, 4.69) is 87.4 Å². The molecule has 13 nitrogen and oxygen atoms in total. The van der Waals surface area contributed by atoms with Crippen LogP contribution < -0.4 is 38.4 Å². The number of piperazine rings is 1. The third-order valence-corrected chi connectivity index (χ3v) is 10.2. The topological polar surface area (TPSA) is 176 Å². The zero-order valence-corrected chi connectivity index (χ0v) is 33.9. The zero-order chi connectivity index (χ0) is 39.0. The summed E-state index contributed by atoms with van der Waals surface area (Å²) in [7, 11) is 2.25. The van der Waals surface area contributed by atoms with Crippen LogP contribution >= 0.6 is 0 Å². The van der Waals surface area contributed by atoms with E-state index >= 15 is 0 Å². The number of nitrogens with two attached hydrogens (primary N) is 3. The molecule has 13 heteroatoms. The number of piperidine rings is 1. The lowest BCUT2D eigenvalue weighted by molar-refractivity contribution is -0.123. The highest BCUT2D eigenvalue weighted by Gasteiger charge is 2.27. The van der Waals surface area contributed by atoms with Gasteiger partial charge in [-0.25, -0.2) is 4.79 Å². The summed E-state index contributed by atoms with van der Waals surface area (Å²) in [6.45, 7) is 22.2. The molecule has 298 valence electrons. The Balaban J connectivity index is 0.000000294. The SMILES string of the molecule is CC(C)(C)C(=O)Nc1ccn(CCC[C@H](CCCN=C(N)N)NCCCN)c(=O)n1.CN1CCC(N2CCN(c3ccc(C(C)(C)C)cc3)CC2)CC1. The number of hydrogen-bond acceptors (Lipinski definition) is 9. The maximum absolute atomic E-state index is 12.3. The summed E-state index contributed by atoms with van der Waals surface area (Å²) >= 11 is 0. The van der Waals surface area contributed by atoms with Gasteiger partial charge in [-0.2, -0.15) is 4.98 Å².